The van der Waals surface area contributed by atoms with Gasteiger partial charge in [-0.3, -0.25) is 0 Å². The van der Waals surface area contributed by atoms with Crippen molar-refractivity contribution in [1.29, 1.82) is 0 Å². The van der Waals surface area contributed by atoms with E-state index in [4.69, 9.17) is 0 Å². The molecule has 10 rings (SSSR count). The van der Waals surface area contributed by atoms with Gasteiger partial charge < -0.3 is 9.13 Å². The summed E-state index contributed by atoms with van der Waals surface area (Å²) in [5.41, 5.74) is 4.88. The maximum atomic E-state index is 3.79. The van der Waals surface area contributed by atoms with Gasteiger partial charge in [-0.2, -0.15) is 0 Å². The second kappa shape index (κ2) is 9.06. The van der Waals surface area contributed by atoms with Gasteiger partial charge in [0.1, 0.15) is 0 Å². The highest BCUT2D eigenvalue weighted by Crippen LogP contribution is 2.43. The van der Waals surface area contributed by atoms with Crippen LogP contribution in [0, 0.1) is 0 Å². The molecular formula is C40H23BrN2S. The molecule has 3 heterocycles. The fourth-order valence-corrected chi connectivity index (χ4v) is 8.91. The number of nitrogens with zero attached hydrogens (tertiary/aromatic N) is 2. The van der Waals surface area contributed by atoms with Gasteiger partial charge in [0.05, 0.1) is 27.1 Å². The van der Waals surface area contributed by atoms with Crippen molar-refractivity contribution < 1.29 is 0 Å². The van der Waals surface area contributed by atoms with Crippen molar-refractivity contribution in [1.82, 2.24) is 9.13 Å². The quantitative estimate of drug-likeness (QED) is 0.166. The van der Waals surface area contributed by atoms with Gasteiger partial charge in [-0.15, -0.1) is 11.3 Å². The van der Waals surface area contributed by atoms with Crippen LogP contribution in [0.2, 0.25) is 0 Å². The summed E-state index contributed by atoms with van der Waals surface area (Å²) in [5, 5.41) is 12.7. The van der Waals surface area contributed by atoms with E-state index in [2.05, 4.69) is 165 Å². The number of halogens is 1. The minimum absolute atomic E-state index is 1.08. The Balaban J connectivity index is 1.36. The van der Waals surface area contributed by atoms with Crippen LogP contribution >= 0.6 is 27.3 Å². The number of aromatic nitrogens is 2. The average Bonchev–Trinajstić information content (AvgIpc) is 3.80. The summed E-state index contributed by atoms with van der Waals surface area (Å²) >= 11 is 5.67. The van der Waals surface area contributed by atoms with E-state index in [0.29, 0.717) is 0 Å². The molecule has 0 radical (unpaired) electrons. The highest BCUT2D eigenvalue weighted by atomic mass is 79.9. The van der Waals surface area contributed by atoms with E-state index in [-0.39, 0.29) is 0 Å². The van der Waals surface area contributed by atoms with Gasteiger partial charge in [0.15, 0.2) is 0 Å². The Morgan fingerprint density at radius 3 is 2.02 bits per heavy atom. The zero-order valence-corrected chi connectivity index (χ0v) is 25.9. The smallest absolute Gasteiger partial charge is 0.0634 e. The van der Waals surface area contributed by atoms with Crippen LogP contribution in [-0.2, 0) is 0 Å². The van der Waals surface area contributed by atoms with Gasteiger partial charge in [-0.25, -0.2) is 0 Å². The second-order valence-corrected chi connectivity index (χ2v) is 13.5. The SMILES string of the molecule is Brc1ccc2c(c1)c1ccn(-c3cccc4ccc5ccccc5c34)c1c1ccn(-c3cccc4c3sc3ccccc34)c21. The Bertz CT molecular complexity index is 2800. The van der Waals surface area contributed by atoms with Gasteiger partial charge in [0.2, 0.25) is 0 Å². The molecule has 0 aliphatic rings. The first-order valence-electron chi connectivity index (χ1n) is 14.8. The summed E-state index contributed by atoms with van der Waals surface area (Å²) < 4.78 is 8.54. The molecule has 0 bridgehead atoms. The minimum Gasteiger partial charge on any atom is -0.315 e. The Morgan fingerprint density at radius 2 is 1.11 bits per heavy atom. The van der Waals surface area contributed by atoms with E-state index in [1.807, 2.05) is 11.3 Å². The molecule has 0 aliphatic heterocycles. The molecule has 3 aromatic heterocycles. The molecule has 0 fully saturated rings. The molecule has 4 heteroatoms. The Morgan fingerprint density at radius 1 is 0.455 bits per heavy atom. The molecular weight excluding hydrogens is 620 g/mol. The maximum absolute atomic E-state index is 3.79. The Kier molecular flexibility index (Phi) is 5.05. The van der Waals surface area contributed by atoms with Crippen molar-refractivity contribution >= 4 is 102 Å². The molecule has 0 spiro atoms. The number of thiophene rings is 1. The maximum Gasteiger partial charge on any atom is 0.0634 e. The van der Waals surface area contributed by atoms with Crippen LogP contribution in [0.15, 0.2) is 144 Å². The van der Waals surface area contributed by atoms with E-state index in [1.165, 1.54) is 85.7 Å². The van der Waals surface area contributed by atoms with Crippen LogP contribution in [0.3, 0.4) is 0 Å². The lowest BCUT2D eigenvalue weighted by Crippen LogP contribution is -1.97. The van der Waals surface area contributed by atoms with Crippen molar-refractivity contribution in [2.75, 3.05) is 0 Å². The van der Waals surface area contributed by atoms with Crippen LogP contribution in [0.1, 0.15) is 0 Å². The summed E-state index contributed by atoms with van der Waals surface area (Å²) in [7, 11) is 0. The Hall–Kier alpha value is -4.90. The van der Waals surface area contributed by atoms with Gasteiger partial charge in [-0.05, 0) is 64.0 Å². The third-order valence-electron chi connectivity index (χ3n) is 9.20. The number of hydrogen-bond donors (Lipinski definition) is 0. The summed E-state index contributed by atoms with van der Waals surface area (Å²) in [5.74, 6) is 0. The van der Waals surface area contributed by atoms with Crippen LogP contribution in [0.5, 0.6) is 0 Å². The number of hydrogen-bond acceptors (Lipinski definition) is 1. The highest BCUT2D eigenvalue weighted by Gasteiger charge is 2.20. The molecule has 44 heavy (non-hydrogen) atoms. The molecule has 0 N–H and O–H groups in total. The summed E-state index contributed by atoms with van der Waals surface area (Å²) in [6.45, 7) is 0. The third-order valence-corrected chi connectivity index (χ3v) is 10.9. The highest BCUT2D eigenvalue weighted by molar-refractivity contribution is 9.10. The molecule has 0 saturated carbocycles. The first-order valence-corrected chi connectivity index (χ1v) is 16.4. The average molecular weight is 644 g/mol. The third kappa shape index (κ3) is 3.30. The van der Waals surface area contributed by atoms with E-state index in [0.717, 1.165) is 4.47 Å². The van der Waals surface area contributed by atoms with Crippen molar-refractivity contribution in [3.8, 4) is 11.4 Å². The molecule has 0 aliphatic carbocycles. The lowest BCUT2D eigenvalue weighted by atomic mass is 10.00. The molecule has 0 unspecified atom stereocenters. The number of benzene rings is 7. The zero-order chi connectivity index (χ0) is 28.9. The molecule has 2 nitrogen and oxygen atoms in total. The molecule has 206 valence electrons. The fourth-order valence-electron chi connectivity index (χ4n) is 7.33. The predicted molar refractivity (Wildman–Crippen MR) is 193 cm³/mol. The minimum atomic E-state index is 1.08. The second-order valence-electron chi connectivity index (χ2n) is 11.5. The van der Waals surface area contributed by atoms with Gasteiger partial charge in [-0.1, -0.05) is 101 Å². The normalized spacial score (nSPS) is 12.2. The fraction of sp³-hybridized carbons (Fsp3) is 0. The van der Waals surface area contributed by atoms with Crippen molar-refractivity contribution in [3.05, 3.63) is 144 Å². The lowest BCUT2D eigenvalue weighted by Gasteiger charge is -2.15. The summed E-state index contributed by atoms with van der Waals surface area (Å²) in [4.78, 5) is 0. The predicted octanol–water partition coefficient (Wildman–Crippen LogP) is 12.2. The van der Waals surface area contributed by atoms with E-state index >= 15 is 0 Å². The number of rotatable bonds is 2. The van der Waals surface area contributed by atoms with E-state index < -0.39 is 0 Å². The first kappa shape index (κ1) is 24.5. The van der Waals surface area contributed by atoms with Gasteiger partial charge >= 0.3 is 0 Å². The van der Waals surface area contributed by atoms with Crippen LogP contribution in [0.25, 0.3) is 85.7 Å². The zero-order valence-electron chi connectivity index (χ0n) is 23.5. The van der Waals surface area contributed by atoms with Crippen LogP contribution in [-0.4, -0.2) is 9.13 Å². The van der Waals surface area contributed by atoms with Crippen molar-refractivity contribution in [2.45, 2.75) is 0 Å². The van der Waals surface area contributed by atoms with Gasteiger partial charge in [0, 0.05) is 53.9 Å². The standard InChI is InChI=1S/C40H23BrN2S/c41-26-17-18-29-33(23-26)30-19-21-42(34-12-5-8-25-16-15-24-7-1-2-9-27(24)37(25)34)39(30)32-20-22-43(38(29)32)35-13-6-11-31-28-10-3-4-14-36(28)44-40(31)35/h1-23H. The summed E-state index contributed by atoms with van der Waals surface area (Å²) in [6, 6.07) is 46.6. The van der Waals surface area contributed by atoms with Crippen LogP contribution in [0.4, 0.5) is 0 Å². The van der Waals surface area contributed by atoms with Crippen molar-refractivity contribution in [2.24, 2.45) is 0 Å². The van der Waals surface area contributed by atoms with Gasteiger partial charge in [0.25, 0.3) is 0 Å². The molecule has 10 aromatic rings. The topological polar surface area (TPSA) is 9.86 Å². The number of fused-ring (bicyclic) bond motifs is 12. The summed E-state index contributed by atoms with van der Waals surface area (Å²) in [6.07, 6.45) is 4.52. The lowest BCUT2D eigenvalue weighted by molar-refractivity contribution is 1.15. The van der Waals surface area contributed by atoms with Crippen molar-refractivity contribution in [3.63, 3.8) is 0 Å². The molecule has 0 amide bonds. The Labute approximate surface area is 265 Å². The van der Waals surface area contributed by atoms with E-state index in [9.17, 15) is 0 Å². The van der Waals surface area contributed by atoms with Crippen LogP contribution < -0.4 is 0 Å². The molecule has 0 saturated heterocycles. The largest absolute Gasteiger partial charge is 0.315 e. The molecule has 7 aromatic carbocycles. The molecule has 0 atom stereocenters. The monoisotopic (exact) mass is 642 g/mol. The first-order chi connectivity index (χ1) is 21.7. The van der Waals surface area contributed by atoms with E-state index in [1.54, 1.807) is 0 Å².